The molecule has 0 aliphatic carbocycles. The highest BCUT2D eigenvalue weighted by molar-refractivity contribution is 7.92. The van der Waals surface area contributed by atoms with Crippen molar-refractivity contribution < 1.29 is 13.2 Å². The SMILES string of the molecule is CCc1cccc(C(=O)C(C)S(C)(=O)=O)c1. The topological polar surface area (TPSA) is 51.2 Å². The van der Waals surface area contributed by atoms with Crippen LogP contribution in [0.5, 0.6) is 0 Å². The fraction of sp³-hybridized carbons (Fsp3) is 0.417. The van der Waals surface area contributed by atoms with Crippen LogP contribution in [0.2, 0.25) is 0 Å². The quantitative estimate of drug-likeness (QED) is 0.755. The van der Waals surface area contributed by atoms with E-state index in [2.05, 4.69) is 0 Å². The van der Waals surface area contributed by atoms with Gasteiger partial charge in [0.2, 0.25) is 0 Å². The fourth-order valence-electron chi connectivity index (χ4n) is 1.37. The van der Waals surface area contributed by atoms with Crippen LogP contribution < -0.4 is 0 Å². The molecular weight excluding hydrogens is 224 g/mol. The van der Waals surface area contributed by atoms with Crippen molar-refractivity contribution >= 4 is 15.6 Å². The summed E-state index contributed by atoms with van der Waals surface area (Å²) in [5.74, 6) is -0.335. The Morgan fingerprint density at radius 3 is 2.50 bits per heavy atom. The van der Waals surface area contributed by atoms with Gasteiger partial charge in [0.05, 0.1) is 0 Å². The number of sulfone groups is 1. The minimum Gasteiger partial charge on any atom is -0.293 e. The molecule has 3 nitrogen and oxygen atoms in total. The van der Waals surface area contributed by atoms with Crippen LogP contribution in [0.3, 0.4) is 0 Å². The van der Waals surface area contributed by atoms with E-state index in [1.165, 1.54) is 6.92 Å². The lowest BCUT2D eigenvalue weighted by Gasteiger charge is -2.09. The summed E-state index contributed by atoms with van der Waals surface area (Å²) in [6.07, 6.45) is 1.91. The molecule has 0 spiro atoms. The number of benzene rings is 1. The molecule has 16 heavy (non-hydrogen) atoms. The molecule has 1 aromatic rings. The van der Waals surface area contributed by atoms with Crippen molar-refractivity contribution in [1.29, 1.82) is 0 Å². The number of aryl methyl sites for hydroxylation is 1. The van der Waals surface area contributed by atoms with Crippen LogP contribution in [0, 0.1) is 0 Å². The molecule has 0 N–H and O–H groups in total. The Kier molecular flexibility index (Phi) is 3.86. The minimum atomic E-state index is -3.32. The van der Waals surface area contributed by atoms with Crippen LogP contribution in [0.1, 0.15) is 29.8 Å². The van der Waals surface area contributed by atoms with Crippen LogP contribution in [-0.2, 0) is 16.3 Å². The van der Waals surface area contributed by atoms with E-state index in [0.29, 0.717) is 5.56 Å². The van der Waals surface area contributed by atoms with Crippen LogP contribution in [0.4, 0.5) is 0 Å². The summed E-state index contributed by atoms with van der Waals surface area (Å²) in [7, 11) is -3.32. The zero-order valence-electron chi connectivity index (χ0n) is 9.73. The summed E-state index contributed by atoms with van der Waals surface area (Å²) < 4.78 is 22.6. The summed E-state index contributed by atoms with van der Waals surface area (Å²) in [6.45, 7) is 3.42. The average molecular weight is 240 g/mol. The zero-order valence-corrected chi connectivity index (χ0v) is 10.5. The molecule has 0 aromatic heterocycles. The van der Waals surface area contributed by atoms with Gasteiger partial charge in [-0.25, -0.2) is 8.42 Å². The Morgan fingerprint density at radius 2 is 2.00 bits per heavy atom. The molecule has 0 heterocycles. The second-order valence-corrected chi connectivity index (χ2v) is 6.26. The van der Waals surface area contributed by atoms with Gasteiger partial charge in [0, 0.05) is 11.8 Å². The second-order valence-electron chi connectivity index (χ2n) is 3.89. The smallest absolute Gasteiger partial charge is 0.180 e. The lowest BCUT2D eigenvalue weighted by atomic mass is 10.0. The third-order valence-electron chi connectivity index (χ3n) is 2.63. The highest BCUT2D eigenvalue weighted by Gasteiger charge is 2.24. The Labute approximate surface area is 96.4 Å². The van der Waals surface area contributed by atoms with Gasteiger partial charge in [0.15, 0.2) is 15.6 Å². The van der Waals surface area contributed by atoms with Gasteiger partial charge in [-0.05, 0) is 25.0 Å². The van der Waals surface area contributed by atoms with Gasteiger partial charge in [-0.3, -0.25) is 4.79 Å². The van der Waals surface area contributed by atoms with E-state index in [4.69, 9.17) is 0 Å². The first-order chi connectivity index (χ1) is 7.36. The summed E-state index contributed by atoms with van der Waals surface area (Å²) in [5.41, 5.74) is 1.50. The van der Waals surface area contributed by atoms with Crippen LogP contribution in [0.15, 0.2) is 24.3 Å². The van der Waals surface area contributed by atoms with Gasteiger partial charge in [-0.1, -0.05) is 25.1 Å². The van der Waals surface area contributed by atoms with E-state index in [1.54, 1.807) is 18.2 Å². The van der Waals surface area contributed by atoms with Gasteiger partial charge in [0.1, 0.15) is 5.25 Å². The lowest BCUT2D eigenvalue weighted by Crippen LogP contribution is -2.26. The first-order valence-electron chi connectivity index (χ1n) is 5.18. The number of rotatable bonds is 4. The molecule has 0 aliphatic rings. The summed E-state index contributed by atoms with van der Waals surface area (Å²) in [6, 6.07) is 7.11. The van der Waals surface area contributed by atoms with E-state index >= 15 is 0 Å². The molecule has 1 unspecified atom stereocenters. The van der Waals surface area contributed by atoms with Gasteiger partial charge >= 0.3 is 0 Å². The molecule has 1 atom stereocenters. The van der Waals surface area contributed by atoms with Crippen molar-refractivity contribution in [3.05, 3.63) is 35.4 Å². The van der Waals surface area contributed by atoms with Crippen LogP contribution >= 0.6 is 0 Å². The molecule has 0 saturated heterocycles. The lowest BCUT2D eigenvalue weighted by molar-refractivity contribution is 0.0991. The second kappa shape index (κ2) is 4.78. The van der Waals surface area contributed by atoms with E-state index in [0.717, 1.165) is 18.2 Å². The summed E-state index contributed by atoms with van der Waals surface area (Å²) in [4.78, 5) is 11.9. The number of Topliss-reactive ketones (excluding diaryl/α,β-unsaturated/α-hetero) is 1. The van der Waals surface area contributed by atoms with E-state index < -0.39 is 15.1 Å². The normalized spacial score (nSPS) is 13.4. The molecule has 4 heteroatoms. The maximum Gasteiger partial charge on any atom is 0.180 e. The largest absolute Gasteiger partial charge is 0.293 e. The third kappa shape index (κ3) is 2.92. The van der Waals surface area contributed by atoms with E-state index in [-0.39, 0.29) is 5.78 Å². The average Bonchev–Trinajstić information content (AvgIpc) is 2.26. The van der Waals surface area contributed by atoms with Gasteiger partial charge in [-0.2, -0.15) is 0 Å². The fourth-order valence-corrected chi connectivity index (χ4v) is 1.90. The maximum absolute atomic E-state index is 11.9. The standard InChI is InChI=1S/C12H16O3S/c1-4-10-6-5-7-11(8-10)12(13)9(2)16(3,14)15/h5-9H,4H2,1-3H3. The molecule has 0 bridgehead atoms. The van der Waals surface area contributed by atoms with E-state index in [9.17, 15) is 13.2 Å². The molecule has 0 amide bonds. The third-order valence-corrected chi connectivity index (χ3v) is 4.13. The molecule has 1 aromatic carbocycles. The molecule has 0 saturated carbocycles. The van der Waals surface area contributed by atoms with Gasteiger partial charge in [-0.15, -0.1) is 0 Å². The van der Waals surface area contributed by atoms with Crippen molar-refractivity contribution in [2.45, 2.75) is 25.5 Å². The van der Waals surface area contributed by atoms with Crippen LogP contribution in [0.25, 0.3) is 0 Å². The summed E-state index contributed by atoms with van der Waals surface area (Å²) in [5, 5.41) is -0.973. The Morgan fingerprint density at radius 1 is 1.38 bits per heavy atom. The predicted molar refractivity (Wildman–Crippen MR) is 64.5 cm³/mol. The van der Waals surface area contributed by atoms with Crippen LogP contribution in [-0.4, -0.2) is 25.7 Å². The van der Waals surface area contributed by atoms with Crippen molar-refractivity contribution in [3.8, 4) is 0 Å². The Balaban J connectivity index is 3.06. The van der Waals surface area contributed by atoms with Crippen molar-refractivity contribution in [1.82, 2.24) is 0 Å². The molecule has 0 radical (unpaired) electrons. The number of carbonyl (C=O) groups excluding carboxylic acids is 1. The molecular formula is C12H16O3S. The molecule has 0 fully saturated rings. The van der Waals surface area contributed by atoms with Gasteiger partial charge < -0.3 is 0 Å². The Bertz CT molecular complexity index is 489. The first kappa shape index (κ1) is 12.9. The summed E-state index contributed by atoms with van der Waals surface area (Å²) >= 11 is 0. The van der Waals surface area contributed by atoms with Crippen molar-refractivity contribution in [3.63, 3.8) is 0 Å². The Hall–Kier alpha value is -1.16. The predicted octanol–water partition coefficient (Wildman–Crippen LogP) is 1.86. The number of carbonyl (C=O) groups is 1. The molecule has 88 valence electrons. The highest BCUT2D eigenvalue weighted by atomic mass is 32.2. The number of hydrogen-bond donors (Lipinski definition) is 0. The number of ketones is 1. The maximum atomic E-state index is 11.9. The van der Waals surface area contributed by atoms with Crippen molar-refractivity contribution in [2.75, 3.05) is 6.26 Å². The first-order valence-corrected chi connectivity index (χ1v) is 7.13. The zero-order chi connectivity index (χ0) is 12.3. The highest BCUT2D eigenvalue weighted by Crippen LogP contribution is 2.12. The monoisotopic (exact) mass is 240 g/mol. The number of hydrogen-bond acceptors (Lipinski definition) is 3. The minimum absolute atomic E-state index is 0.335. The van der Waals surface area contributed by atoms with Gasteiger partial charge in [0.25, 0.3) is 0 Å². The molecule has 0 aliphatic heterocycles. The van der Waals surface area contributed by atoms with E-state index in [1.807, 2.05) is 13.0 Å². The molecule has 1 rings (SSSR count). The van der Waals surface area contributed by atoms with Crippen molar-refractivity contribution in [2.24, 2.45) is 0 Å².